The van der Waals surface area contributed by atoms with Crippen molar-refractivity contribution in [3.63, 3.8) is 0 Å². The standard InChI is InChI=1S/C75H56N2/c1-4-22-49(23-5-1)57-28-10-12-30-59(57)73-65-36-18-19-37-66(65)74(60-31-13-11-29-58(60)50-24-6-2-7-25-50)68-48-54(44-45-67(68)73)72-63-34-16-14-32-61(63)71(62-33-15-17-35-64(62)72)53-42-40-52-47-55(43-41-51(52)46-53)75-76-69-38-20-21-39-70(69)77(75)56-26-8-3-9-27-56/h1-2,4,6,8,10-19,21-22,24,26-37,39-48H,3,5,7,9,20,23,25,38H2. The molecule has 0 bridgehead atoms. The molecule has 4 aliphatic carbocycles. The zero-order chi connectivity index (χ0) is 50.8. The zero-order valence-electron chi connectivity index (χ0n) is 43.1. The molecule has 2 heteroatoms. The molecule has 0 saturated heterocycles. The van der Waals surface area contributed by atoms with Gasteiger partial charge in [0.25, 0.3) is 0 Å². The molecular formula is C75H56N2. The molecule has 0 atom stereocenters. The number of aryl methyl sites for hydroxylation is 1. The van der Waals surface area contributed by atoms with E-state index in [9.17, 15) is 0 Å². The minimum absolute atomic E-state index is 0.970. The topological polar surface area (TPSA) is 17.8 Å². The maximum Gasteiger partial charge on any atom is 0.145 e. The Bertz CT molecular complexity index is 4440. The molecule has 0 amide bonds. The van der Waals surface area contributed by atoms with E-state index in [0.29, 0.717) is 0 Å². The molecule has 366 valence electrons. The van der Waals surface area contributed by atoms with Crippen LogP contribution >= 0.6 is 0 Å². The third kappa shape index (κ3) is 7.65. The van der Waals surface area contributed by atoms with E-state index in [2.05, 4.69) is 247 Å². The van der Waals surface area contributed by atoms with E-state index in [1.807, 2.05) is 0 Å². The van der Waals surface area contributed by atoms with Crippen molar-refractivity contribution < 1.29 is 0 Å². The van der Waals surface area contributed by atoms with Crippen LogP contribution in [0.2, 0.25) is 0 Å². The summed E-state index contributed by atoms with van der Waals surface area (Å²) in [4.78, 5) is 5.31. The van der Waals surface area contributed by atoms with Gasteiger partial charge in [0.1, 0.15) is 5.82 Å². The van der Waals surface area contributed by atoms with E-state index in [-0.39, 0.29) is 0 Å². The molecule has 10 aromatic carbocycles. The lowest BCUT2D eigenvalue weighted by Crippen LogP contribution is -2.04. The van der Waals surface area contributed by atoms with Crippen LogP contribution in [0.25, 0.3) is 133 Å². The number of rotatable bonds is 8. The first kappa shape index (κ1) is 45.3. The lowest BCUT2D eigenvalue weighted by Gasteiger charge is -2.23. The van der Waals surface area contributed by atoms with E-state index >= 15 is 0 Å². The Morgan fingerprint density at radius 2 is 0.818 bits per heavy atom. The van der Waals surface area contributed by atoms with Gasteiger partial charge in [0.15, 0.2) is 0 Å². The molecule has 1 aromatic heterocycles. The summed E-state index contributed by atoms with van der Waals surface area (Å²) in [6, 6.07) is 67.1. The van der Waals surface area contributed by atoms with Crippen molar-refractivity contribution in [3.8, 4) is 55.9 Å². The van der Waals surface area contributed by atoms with Gasteiger partial charge >= 0.3 is 0 Å². The lowest BCUT2D eigenvalue weighted by molar-refractivity contribution is 0.936. The molecule has 15 rings (SSSR count). The average Bonchev–Trinajstić information content (AvgIpc) is 3.92. The van der Waals surface area contributed by atoms with Crippen molar-refractivity contribution in [3.05, 3.63) is 259 Å². The highest BCUT2D eigenvalue weighted by Crippen LogP contribution is 2.51. The Kier molecular flexibility index (Phi) is 11.1. The second kappa shape index (κ2) is 18.9. The van der Waals surface area contributed by atoms with Gasteiger partial charge in [-0.1, -0.05) is 212 Å². The van der Waals surface area contributed by atoms with Gasteiger partial charge in [-0.3, -0.25) is 4.57 Å². The van der Waals surface area contributed by atoms with Crippen LogP contribution in [0.15, 0.2) is 237 Å². The third-order valence-corrected chi connectivity index (χ3v) is 16.8. The first-order valence-electron chi connectivity index (χ1n) is 27.8. The van der Waals surface area contributed by atoms with E-state index in [4.69, 9.17) is 4.98 Å². The number of aromatic nitrogens is 2. The van der Waals surface area contributed by atoms with E-state index in [0.717, 1.165) is 62.8 Å². The Morgan fingerprint density at radius 1 is 0.351 bits per heavy atom. The van der Waals surface area contributed by atoms with Gasteiger partial charge in [0.05, 0.1) is 11.4 Å². The van der Waals surface area contributed by atoms with Crippen molar-refractivity contribution in [1.29, 1.82) is 0 Å². The Labute approximate surface area is 450 Å². The fraction of sp³-hybridized carbons (Fsp3) is 0.107. The minimum atomic E-state index is 0.970. The van der Waals surface area contributed by atoms with Gasteiger partial charge in [0.2, 0.25) is 0 Å². The normalized spacial score (nSPS) is 15.1. The average molecular weight is 985 g/mol. The van der Waals surface area contributed by atoms with Gasteiger partial charge < -0.3 is 0 Å². The third-order valence-electron chi connectivity index (χ3n) is 16.8. The summed E-state index contributed by atoms with van der Waals surface area (Å²) < 4.78 is 2.38. The fourth-order valence-corrected chi connectivity index (χ4v) is 13.3. The minimum Gasteiger partial charge on any atom is -0.293 e. The molecular weight excluding hydrogens is 929 g/mol. The van der Waals surface area contributed by atoms with Crippen LogP contribution in [0.4, 0.5) is 0 Å². The van der Waals surface area contributed by atoms with Crippen molar-refractivity contribution >= 4 is 76.8 Å². The summed E-state index contributed by atoms with van der Waals surface area (Å²) in [5.41, 5.74) is 20.3. The van der Waals surface area contributed by atoms with Crippen molar-refractivity contribution in [2.45, 2.75) is 51.4 Å². The molecule has 77 heavy (non-hydrogen) atoms. The summed E-state index contributed by atoms with van der Waals surface area (Å²) in [6.07, 6.45) is 33.5. The van der Waals surface area contributed by atoms with E-state index in [1.165, 1.54) is 138 Å². The smallest absolute Gasteiger partial charge is 0.145 e. The molecule has 0 saturated carbocycles. The summed E-state index contributed by atoms with van der Waals surface area (Å²) in [6.45, 7) is 0. The Morgan fingerprint density at radius 3 is 1.38 bits per heavy atom. The monoisotopic (exact) mass is 984 g/mol. The van der Waals surface area contributed by atoms with Crippen LogP contribution in [-0.4, -0.2) is 9.55 Å². The Hall–Kier alpha value is -9.11. The number of nitrogens with zero attached hydrogens (tertiary/aromatic N) is 2. The lowest BCUT2D eigenvalue weighted by atomic mass is 9.80. The van der Waals surface area contributed by atoms with Crippen molar-refractivity contribution in [1.82, 2.24) is 9.55 Å². The molecule has 0 aliphatic heterocycles. The summed E-state index contributed by atoms with van der Waals surface area (Å²) >= 11 is 0. The molecule has 2 nitrogen and oxygen atoms in total. The van der Waals surface area contributed by atoms with Crippen molar-refractivity contribution in [2.75, 3.05) is 0 Å². The highest BCUT2D eigenvalue weighted by Gasteiger charge is 2.25. The van der Waals surface area contributed by atoms with E-state index < -0.39 is 0 Å². The number of benzene rings is 10. The van der Waals surface area contributed by atoms with Gasteiger partial charge in [-0.2, -0.15) is 0 Å². The van der Waals surface area contributed by atoms with E-state index in [1.54, 1.807) is 0 Å². The highest BCUT2D eigenvalue weighted by molar-refractivity contribution is 6.26. The van der Waals surface area contributed by atoms with Crippen LogP contribution in [-0.2, 0) is 6.42 Å². The predicted molar refractivity (Wildman–Crippen MR) is 330 cm³/mol. The number of imidazole rings is 1. The van der Waals surface area contributed by atoms with Crippen LogP contribution in [0.3, 0.4) is 0 Å². The van der Waals surface area contributed by atoms with Crippen LogP contribution in [0.5, 0.6) is 0 Å². The maximum absolute atomic E-state index is 5.31. The number of fused-ring (bicyclic) bond motifs is 6. The number of allylic oxidation sites excluding steroid dienone is 13. The molecule has 0 unspecified atom stereocenters. The maximum atomic E-state index is 5.31. The molecule has 0 radical (unpaired) electrons. The fourth-order valence-electron chi connectivity index (χ4n) is 13.3. The quantitative estimate of drug-likeness (QED) is 0.139. The van der Waals surface area contributed by atoms with Gasteiger partial charge in [-0.05, 0) is 202 Å². The van der Waals surface area contributed by atoms with Crippen molar-refractivity contribution in [2.24, 2.45) is 0 Å². The number of hydrogen-bond acceptors (Lipinski definition) is 1. The second-order valence-corrected chi connectivity index (χ2v) is 21.2. The van der Waals surface area contributed by atoms with Gasteiger partial charge in [-0.15, -0.1) is 0 Å². The predicted octanol–water partition coefficient (Wildman–Crippen LogP) is 20.6. The van der Waals surface area contributed by atoms with Crippen LogP contribution in [0, 0.1) is 0 Å². The summed E-state index contributed by atoms with van der Waals surface area (Å²) in [5, 5.41) is 12.5. The van der Waals surface area contributed by atoms with Gasteiger partial charge in [0, 0.05) is 11.3 Å². The largest absolute Gasteiger partial charge is 0.293 e. The first-order valence-corrected chi connectivity index (χ1v) is 27.8. The first-order chi connectivity index (χ1) is 38.2. The molecule has 11 aromatic rings. The second-order valence-electron chi connectivity index (χ2n) is 21.2. The number of hydrogen-bond donors (Lipinski definition) is 0. The molecule has 1 heterocycles. The van der Waals surface area contributed by atoms with Crippen LogP contribution < -0.4 is 0 Å². The Balaban J connectivity index is 0.942. The molecule has 0 fully saturated rings. The SMILES string of the molecule is C1=CCCC(c2ccccc2-c2c3ccccc3c(-c3ccccc3C3=CC=CCC3)c3cc(-c4c5ccccc5c(-c5ccc6cc(-c7nc8c(n7C7=CCCC=C7)C=CCC8)ccc6c5)c5ccccc45)ccc23)=C1. The summed E-state index contributed by atoms with van der Waals surface area (Å²) in [7, 11) is 0. The summed E-state index contributed by atoms with van der Waals surface area (Å²) in [5.74, 6) is 1.02. The van der Waals surface area contributed by atoms with Gasteiger partial charge in [-0.25, -0.2) is 4.98 Å². The molecule has 4 aliphatic rings. The highest BCUT2D eigenvalue weighted by atomic mass is 15.1. The molecule has 0 N–H and O–H groups in total. The molecule has 0 spiro atoms. The van der Waals surface area contributed by atoms with Crippen LogP contribution in [0.1, 0.15) is 67.5 Å². The zero-order valence-corrected chi connectivity index (χ0v) is 43.1.